The van der Waals surface area contributed by atoms with Crippen LogP contribution in [0.25, 0.3) is 36.5 Å². The van der Waals surface area contributed by atoms with Crippen molar-refractivity contribution in [3.8, 4) is 17.2 Å². The van der Waals surface area contributed by atoms with Gasteiger partial charge in [-0.2, -0.15) is 0 Å². The fourth-order valence-electron chi connectivity index (χ4n) is 3.29. The second-order valence-corrected chi connectivity index (χ2v) is 7.43. The number of aromatic nitrogens is 1. The van der Waals surface area contributed by atoms with Crippen molar-refractivity contribution in [2.45, 2.75) is 0 Å². The van der Waals surface area contributed by atoms with E-state index in [1.807, 2.05) is 85.0 Å². The number of hydrogen-bond acceptors (Lipinski definition) is 4. The number of benzene rings is 3. The van der Waals surface area contributed by atoms with Crippen molar-refractivity contribution in [3.05, 3.63) is 119 Å². The minimum Gasteiger partial charge on any atom is -0.507 e. The molecule has 0 saturated heterocycles. The second kappa shape index (κ2) is 10.2. The molecule has 162 valence electrons. The lowest BCUT2D eigenvalue weighted by molar-refractivity contribution is 0.473. The Morgan fingerprint density at radius 1 is 0.455 bits per heavy atom. The Morgan fingerprint density at radius 2 is 0.818 bits per heavy atom. The third-order valence-electron chi connectivity index (χ3n) is 5.02. The Kier molecular flexibility index (Phi) is 6.67. The zero-order chi connectivity index (χ0) is 23.0. The van der Waals surface area contributed by atoms with Crippen molar-refractivity contribution in [3.63, 3.8) is 0 Å². The van der Waals surface area contributed by atoms with Crippen LogP contribution in [-0.2, 0) is 0 Å². The van der Waals surface area contributed by atoms with E-state index in [2.05, 4.69) is 4.98 Å². The van der Waals surface area contributed by atoms with E-state index in [1.165, 1.54) is 0 Å². The van der Waals surface area contributed by atoms with E-state index in [9.17, 15) is 15.3 Å². The molecule has 4 rings (SSSR count). The number of phenols is 3. The van der Waals surface area contributed by atoms with Gasteiger partial charge in [-0.25, -0.2) is 4.98 Å². The summed E-state index contributed by atoms with van der Waals surface area (Å²) in [5.74, 6) is 0.607. The van der Waals surface area contributed by atoms with Crippen LogP contribution in [0.4, 0.5) is 0 Å². The molecular weight excluding hydrogens is 410 g/mol. The zero-order valence-corrected chi connectivity index (χ0v) is 17.8. The molecule has 0 fully saturated rings. The van der Waals surface area contributed by atoms with Gasteiger partial charge in [-0.15, -0.1) is 0 Å². The SMILES string of the molecule is Oc1ccccc1/C=C/c1cc(/C=C/c2ccccc2O)nc(/C=C/c2ccccc2O)c1. The molecule has 1 heterocycles. The summed E-state index contributed by atoms with van der Waals surface area (Å²) in [6, 6.07) is 25.2. The molecule has 0 aliphatic carbocycles. The van der Waals surface area contributed by atoms with Crippen LogP contribution in [0.15, 0.2) is 84.9 Å². The van der Waals surface area contributed by atoms with E-state index in [0.29, 0.717) is 28.1 Å². The van der Waals surface area contributed by atoms with Crippen molar-refractivity contribution < 1.29 is 15.3 Å². The van der Waals surface area contributed by atoms with Crippen LogP contribution in [0.1, 0.15) is 33.6 Å². The molecule has 0 amide bonds. The van der Waals surface area contributed by atoms with Crippen LogP contribution in [0, 0.1) is 0 Å². The topological polar surface area (TPSA) is 73.6 Å². The molecule has 4 aromatic rings. The molecule has 0 saturated carbocycles. The smallest absolute Gasteiger partial charge is 0.122 e. The van der Waals surface area contributed by atoms with Gasteiger partial charge in [0.2, 0.25) is 0 Å². The quantitative estimate of drug-likeness (QED) is 0.316. The molecule has 0 atom stereocenters. The zero-order valence-electron chi connectivity index (χ0n) is 17.8. The van der Waals surface area contributed by atoms with E-state index in [4.69, 9.17) is 0 Å². The Bertz CT molecular complexity index is 1170. The van der Waals surface area contributed by atoms with Crippen LogP contribution in [0.5, 0.6) is 17.2 Å². The Labute approximate surface area is 192 Å². The molecule has 4 nitrogen and oxygen atoms in total. The number of nitrogens with zero attached hydrogens (tertiary/aromatic N) is 1. The Hall–Kier alpha value is -4.57. The summed E-state index contributed by atoms with van der Waals surface area (Å²) in [6.45, 7) is 0. The normalized spacial score (nSPS) is 11.6. The maximum Gasteiger partial charge on any atom is 0.122 e. The van der Waals surface area contributed by atoms with Gasteiger partial charge in [0.05, 0.1) is 11.4 Å². The van der Waals surface area contributed by atoms with Gasteiger partial charge in [0.1, 0.15) is 17.2 Å². The molecule has 33 heavy (non-hydrogen) atoms. The second-order valence-electron chi connectivity index (χ2n) is 7.43. The van der Waals surface area contributed by atoms with Gasteiger partial charge in [0, 0.05) is 16.7 Å². The number of para-hydroxylation sites is 3. The first-order valence-electron chi connectivity index (χ1n) is 10.5. The summed E-state index contributed by atoms with van der Waals surface area (Å²) in [6.07, 6.45) is 11.0. The molecule has 3 N–H and O–H groups in total. The van der Waals surface area contributed by atoms with Gasteiger partial charge in [-0.1, -0.05) is 66.7 Å². The summed E-state index contributed by atoms with van der Waals surface area (Å²) in [4.78, 5) is 4.68. The van der Waals surface area contributed by atoms with Crippen LogP contribution in [0.3, 0.4) is 0 Å². The fourth-order valence-corrected chi connectivity index (χ4v) is 3.29. The summed E-state index contributed by atoms with van der Waals surface area (Å²) in [7, 11) is 0. The Balaban J connectivity index is 1.70. The monoisotopic (exact) mass is 433 g/mol. The Morgan fingerprint density at radius 3 is 1.21 bits per heavy atom. The van der Waals surface area contributed by atoms with Crippen molar-refractivity contribution in [1.82, 2.24) is 4.98 Å². The van der Waals surface area contributed by atoms with Gasteiger partial charge in [0.15, 0.2) is 0 Å². The maximum atomic E-state index is 10.0. The largest absolute Gasteiger partial charge is 0.507 e. The molecular formula is C29H23NO3. The number of hydrogen-bond donors (Lipinski definition) is 3. The average molecular weight is 434 g/mol. The van der Waals surface area contributed by atoms with Gasteiger partial charge in [-0.05, 0) is 60.2 Å². The van der Waals surface area contributed by atoms with Crippen LogP contribution in [0.2, 0.25) is 0 Å². The van der Waals surface area contributed by atoms with Gasteiger partial charge >= 0.3 is 0 Å². The number of rotatable bonds is 6. The lowest BCUT2D eigenvalue weighted by atomic mass is 10.1. The molecule has 4 heteroatoms. The summed E-state index contributed by atoms with van der Waals surface area (Å²) >= 11 is 0. The molecule has 1 aromatic heterocycles. The van der Waals surface area contributed by atoms with Crippen molar-refractivity contribution in [2.75, 3.05) is 0 Å². The van der Waals surface area contributed by atoms with Crippen LogP contribution >= 0.6 is 0 Å². The maximum absolute atomic E-state index is 10.0. The minimum atomic E-state index is 0.198. The third kappa shape index (κ3) is 5.77. The first-order chi connectivity index (χ1) is 16.1. The molecule has 0 spiro atoms. The lowest BCUT2D eigenvalue weighted by Gasteiger charge is -2.03. The highest BCUT2D eigenvalue weighted by molar-refractivity contribution is 5.78. The summed E-state index contributed by atoms with van der Waals surface area (Å²) in [5, 5.41) is 30.1. The summed E-state index contributed by atoms with van der Waals surface area (Å²) < 4.78 is 0. The van der Waals surface area contributed by atoms with Crippen molar-refractivity contribution >= 4 is 36.5 Å². The molecule has 3 aromatic carbocycles. The standard InChI is InChI=1S/C29H23NO3/c31-27-10-4-1-7-22(27)14-13-21-19-25(17-15-23-8-2-5-11-28(23)32)30-26(20-21)18-16-24-9-3-6-12-29(24)33/h1-20,31-33H/b14-13+,17-15+,18-16+. The highest BCUT2D eigenvalue weighted by Gasteiger charge is 2.01. The van der Waals surface area contributed by atoms with Gasteiger partial charge < -0.3 is 15.3 Å². The number of pyridine rings is 1. The molecule has 0 bridgehead atoms. The van der Waals surface area contributed by atoms with E-state index in [0.717, 1.165) is 5.56 Å². The van der Waals surface area contributed by atoms with Crippen molar-refractivity contribution in [2.24, 2.45) is 0 Å². The van der Waals surface area contributed by atoms with Gasteiger partial charge in [0.25, 0.3) is 0 Å². The van der Waals surface area contributed by atoms with E-state index < -0.39 is 0 Å². The minimum absolute atomic E-state index is 0.198. The van der Waals surface area contributed by atoms with Crippen LogP contribution in [-0.4, -0.2) is 20.3 Å². The predicted octanol–water partition coefficient (Wildman–Crippen LogP) is 6.71. The molecule has 0 aliphatic rings. The predicted molar refractivity (Wildman–Crippen MR) is 135 cm³/mol. The highest BCUT2D eigenvalue weighted by atomic mass is 16.3. The van der Waals surface area contributed by atoms with Gasteiger partial charge in [-0.3, -0.25) is 0 Å². The summed E-state index contributed by atoms with van der Waals surface area (Å²) in [5.41, 5.74) is 4.40. The molecule has 0 radical (unpaired) electrons. The molecule has 0 unspecified atom stereocenters. The van der Waals surface area contributed by atoms with E-state index in [1.54, 1.807) is 36.4 Å². The van der Waals surface area contributed by atoms with E-state index >= 15 is 0 Å². The third-order valence-corrected chi connectivity index (χ3v) is 5.02. The fraction of sp³-hybridized carbons (Fsp3) is 0. The highest BCUT2D eigenvalue weighted by Crippen LogP contribution is 2.23. The average Bonchev–Trinajstić information content (AvgIpc) is 2.82. The molecule has 0 aliphatic heterocycles. The first kappa shape index (κ1) is 21.7. The van der Waals surface area contributed by atoms with E-state index in [-0.39, 0.29) is 17.2 Å². The number of aromatic hydroxyl groups is 3. The lowest BCUT2D eigenvalue weighted by Crippen LogP contribution is -1.88. The van der Waals surface area contributed by atoms with Crippen molar-refractivity contribution in [1.29, 1.82) is 0 Å². The number of phenolic OH excluding ortho intramolecular Hbond substituents is 3. The van der Waals surface area contributed by atoms with Crippen LogP contribution < -0.4 is 0 Å². The first-order valence-corrected chi connectivity index (χ1v) is 10.5.